The molecule has 18 unspecified atom stereocenters. The lowest BCUT2D eigenvalue weighted by molar-refractivity contribution is -0.331. The SMILES string of the molecule is CNC(CC(C)C)C(=O)NC1C(=O)NC(CC(N)=O)C(=O)NC(C)C(=O)NC2C(=O)NC(C(=O)NC(C(=O)O)c3cc(O)cc(O)c3-c3cc2ccc3O)C(O)c2ccc(c(Cl)c2)Oc2cccc(c2OC2OC(CN=[N+]=[N-])C(O)C(O)C2OC2CC(C)(NCc3ccc(OCc4ccc(Cl)c(Cl)c4)cc3)C(O)C(C)O2)Oc2ccc(cc2Cl)C1O. The number of carbonyl (C=O) groups is 8. The van der Waals surface area contributed by atoms with Gasteiger partial charge in [-0.3, -0.25) is 33.6 Å². The predicted octanol–water partition coefficient (Wildman–Crippen LogP) is 6.47. The van der Waals surface area contributed by atoms with Gasteiger partial charge in [-0.05, 0) is 152 Å². The molecule has 0 aliphatic carbocycles. The number of likely N-dealkylation sites (N-methyl/N-ethyl adjacent to an activating group) is 1. The van der Waals surface area contributed by atoms with Crippen LogP contribution in [0.15, 0.2) is 133 Å². The van der Waals surface area contributed by atoms with E-state index in [2.05, 4.69) is 52.6 Å². The quantitative estimate of drug-likeness (QED) is 0.0221. The molecule has 13 rings (SSSR count). The number of rotatable bonds is 20. The van der Waals surface area contributed by atoms with Crippen molar-refractivity contribution in [3.05, 3.63) is 191 Å². The number of aliphatic hydroxyl groups excluding tert-OH is 5. The van der Waals surface area contributed by atoms with Crippen molar-refractivity contribution in [1.82, 2.24) is 42.5 Å². The fourth-order valence-corrected chi connectivity index (χ4v) is 15.0. The van der Waals surface area contributed by atoms with Gasteiger partial charge in [0.15, 0.2) is 29.9 Å². The van der Waals surface area contributed by atoms with Crippen molar-refractivity contribution in [2.24, 2.45) is 16.8 Å². The van der Waals surface area contributed by atoms with Gasteiger partial charge in [0.25, 0.3) is 0 Å². The first-order valence-electron chi connectivity index (χ1n) is 37.9. The van der Waals surface area contributed by atoms with E-state index in [9.17, 15) is 80.3 Å². The van der Waals surface area contributed by atoms with Gasteiger partial charge in [-0.1, -0.05) is 108 Å². The van der Waals surface area contributed by atoms with Gasteiger partial charge in [0.2, 0.25) is 53.4 Å². The Labute approximate surface area is 710 Å². The summed E-state index contributed by atoms with van der Waals surface area (Å²) in [5.74, 6) is -14.1. The fraction of sp³-hybridized carbons (Fsp3) is 0.383. The second-order valence-corrected chi connectivity index (χ2v) is 31.5. The molecule has 40 heteroatoms. The smallest absolute Gasteiger partial charge is 0.330 e. The molecule has 0 aromatic heterocycles. The molecular weight excluding hydrogens is 1670 g/mol. The molecule has 644 valence electrons. The van der Waals surface area contributed by atoms with Crippen molar-refractivity contribution in [3.63, 3.8) is 0 Å². The highest BCUT2D eigenvalue weighted by atomic mass is 35.5. The van der Waals surface area contributed by atoms with Crippen LogP contribution in [-0.4, -0.2) is 192 Å². The maximum atomic E-state index is 15.2. The predicted molar refractivity (Wildman–Crippen MR) is 433 cm³/mol. The Bertz CT molecular complexity index is 5110. The summed E-state index contributed by atoms with van der Waals surface area (Å²) in [5.41, 5.74) is 13.2. The number of primary amides is 1. The summed E-state index contributed by atoms with van der Waals surface area (Å²) in [5, 5.41) is 130. The molecule has 19 N–H and O–H groups in total. The van der Waals surface area contributed by atoms with Gasteiger partial charge in [0.1, 0.15) is 95.7 Å². The molecule has 18 atom stereocenters. The van der Waals surface area contributed by atoms with Crippen LogP contribution >= 0.6 is 46.4 Å². The third-order valence-corrected chi connectivity index (χ3v) is 22.0. The number of hydrogen-bond donors (Lipinski definition) is 18. The highest BCUT2D eigenvalue weighted by Gasteiger charge is 2.52. The number of nitrogens with two attached hydrogens (primary N) is 1. The van der Waals surface area contributed by atoms with E-state index >= 15 is 9.59 Å². The van der Waals surface area contributed by atoms with Crippen LogP contribution in [0.5, 0.6) is 51.7 Å². The first-order chi connectivity index (χ1) is 57.4. The highest BCUT2D eigenvalue weighted by molar-refractivity contribution is 6.42. The highest BCUT2D eigenvalue weighted by Crippen LogP contribution is 2.49. The molecule has 2 saturated heterocycles. The van der Waals surface area contributed by atoms with Crippen LogP contribution in [-0.2, 0) is 65.7 Å². The zero-order chi connectivity index (χ0) is 87.7. The van der Waals surface area contributed by atoms with Crippen molar-refractivity contribution >= 4 is 93.7 Å². The lowest BCUT2D eigenvalue weighted by Gasteiger charge is -2.48. The number of halogens is 4. The summed E-state index contributed by atoms with van der Waals surface area (Å²) < 4.78 is 45.1. The van der Waals surface area contributed by atoms with Crippen LogP contribution in [0, 0.1) is 5.92 Å². The lowest BCUT2D eigenvalue weighted by Crippen LogP contribution is -2.65. The molecule has 0 spiro atoms. The van der Waals surface area contributed by atoms with Gasteiger partial charge < -0.3 is 127 Å². The first-order valence-corrected chi connectivity index (χ1v) is 39.4. The van der Waals surface area contributed by atoms with Gasteiger partial charge in [-0.25, -0.2) is 4.79 Å². The van der Waals surface area contributed by atoms with E-state index in [1.54, 1.807) is 44.2 Å². The summed E-state index contributed by atoms with van der Waals surface area (Å²) in [6, 6.07) is 14.5. The van der Waals surface area contributed by atoms with E-state index in [0.717, 1.165) is 66.6 Å². The summed E-state index contributed by atoms with van der Waals surface area (Å²) in [6.45, 7) is 7.78. The van der Waals surface area contributed by atoms with Gasteiger partial charge in [0.05, 0.1) is 57.4 Å². The van der Waals surface area contributed by atoms with E-state index in [1.807, 2.05) is 26.0 Å². The number of carboxylic acid groups (broad SMARTS) is 1. The van der Waals surface area contributed by atoms with Crippen LogP contribution in [0.25, 0.3) is 21.6 Å². The molecule has 121 heavy (non-hydrogen) atoms. The number of nitrogens with one attached hydrogen (secondary N) is 8. The number of aliphatic hydroxyl groups is 5. The minimum absolute atomic E-state index is 0.121. The van der Waals surface area contributed by atoms with Crippen molar-refractivity contribution < 1.29 is 117 Å². The Hall–Kier alpha value is -11.0. The second kappa shape index (κ2) is 39.2. The molecular formula is C81H88Cl4N12O24. The number of nitrogens with zero attached hydrogens (tertiary/aromatic N) is 3. The number of para-hydroxylation sites is 1. The number of azide groups is 1. The maximum Gasteiger partial charge on any atom is 0.330 e. The van der Waals surface area contributed by atoms with Gasteiger partial charge in [0, 0.05) is 46.2 Å². The first kappa shape index (κ1) is 90.7. The number of phenolic OH excluding ortho intramolecular Hbond substituents is 3. The number of ether oxygens (including phenoxy) is 7. The molecule has 7 aromatic carbocycles. The monoisotopic (exact) mass is 1750 g/mol. The minimum atomic E-state index is -2.33. The molecule has 6 aliphatic rings. The third-order valence-electron chi connectivity index (χ3n) is 20.7. The van der Waals surface area contributed by atoms with Crippen LogP contribution in [0.3, 0.4) is 0 Å². The summed E-state index contributed by atoms with van der Waals surface area (Å²) in [7, 11) is 1.47. The number of amides is 7. The van der Waals surface area contributed by atoms with Crippen molar-refractivity contribution in [3.8, 4) is 62.9 Å². The van der Waals surface area contributed by atoms with Gasteiger partial charge in [-0.15, -0.1) is 0 Å². The van der Waals surface area contributed by atoms with E-state index in [0.29, 0.717) is 15.8 Å². The van der Waals surface area contributed by atoms with E-state index < -0.39 is 214 Å². The number of benzene rings is 7. The van der Waals surface area contributed by atoms with Crippen molar-refractivity contribution in [2.75, 3.05) is 13.6 Å². The minimum Gasteiger partial charge on any atom is -0.508 e. The van der Waals surface area contributed by atoms with E-state index in [4.69, 9.17) is 85.3 Å². The van der Waals surface area contributed by atoms with Crippen LogP contribution in [0.4, 0.5) is 0 Å². The van der Waals surface area contributed by atoms with E-state index in [-0.39, 0.29) is 76.6 Å². The van der Waals surface area contributed by atoms with Crippen LogP contribution in [0.2, 0.25) is 20.1 Å². The van der Waals surface area contributed by atoms with Gasteiger partial charge in [-0.2, -0.15) is 0 Å². The normalized spacial score (nSPS) is 26.2. The third kappa shape index (κ3) is 21.5. The zero-order valence-corrected chi connectivity index (χ0v) is 68.4. The Morgan fingerprint density at radius 3 is 1.97 bits per heavy atom. The lowest BCUT2D eigenvalue weighted by atomic mass is 9.84. The van der Waals surface area contributed by atoms with Gasteiger partial charge >= 0.3 is 5.97 Å². The Morgan fingerprint density at radius 2 is 1.35 bits per heavy atom. The number of hydrogen-bond acceptors (Lipinski definition) is 26. The average Bonchev–Trinajstić information content (AvgIpc) is 0.768. The molecule has 6 aliphatic heterocycles. The number of aliphatic carboxylic acids is 1. The van der Waals surface area contributed by atoms with Crippen molar-refractivity contribution in [2.45, 2.75) is 176 Å². The molecule has 2 fully saturated rings. The number of aromatic hydroxyl groups is 3. The summed E-state index contributed by atoms with van der Waals surface area (Å²) in [6.07, 6.45) is -18.1. The summed E-state index contributed by atoms with van der Waals surface area (Å²) in [4.78, 5) is 118. The van der Waals surface area contributed by atoms with E-state index in [1.165, 1.54) is 43.4 Å². The van der Waals surface area contributed by atoms with Crippen molar-refractivity contribution in [1.29, 1.82) is 0 Å². The number of phenols is 3. The number of carbonyl (C=O) groups excluding carboxylic acids is 7. The molecule has 6 heterocycles. The standard InChI is InChI=1S/C81H88Cl4N12O24/c1-34(2)22-50(88-6)74(108)95-64-66(102)40-14-20-54(48(84)25-40)117-56-8-7-9-57(70(56)121-80-71(69(105)68(104)58(119-80)32-90-97-87)120-60-30-81(5,72(106)36(4)116-60)89-31-37-10-16-43(17-11-37)115-33-38-12-18-46(82)47(83)23-38)118-55-21-15-41(26-49(55)85)67(103)65-78(112)94-63(79(113)114)45-27-42(98)28-53(100)61(45)44-24-39(13-19-52(44)99)62(76(110)96-65)93-73(107)35(3)91-75(109)51(29-59(86)101)92-77(64)111/h7-21,23-28,34-36,50-51,58,60,62-69,71-72,80,88-89,98-100,102-106H,22,29-33H2,1-6H3,(H2,86,101)(H,91,109)(H,92,111)(H,93,107)(H,94,112)(H,95,108)(H,96,110)(H,113,114). The Balaban J connectivity index is 1.01. The Kier molecular flexibility index (Phi) is 29.4. The van der Waals surface area contributed by atoms with Crippen LogP contribution in [0.1, 0.15) is 112 Å². The molecule has 10 bridgehead atoms. The van der Waals surface area contributed by atoms with Crippen LogP contribution < -0.4 is 67.2 Å². The fourth-order valence-electron chi connectivity index (χ4n) is 14.2. The number of carboxylic acids is 1. The molecule has 0 saturated carbocycles. The molecule has 36 nitrogen and oxygen atoms in total. The zero-order valence-electron chi connectivity index (χ0n) is 65.3. The average molecular weight is 1760 g/mol. The second-order valence-electron chi connectivity index (χ2n) is 29.9. The largest absolute Gasteiger partial charge is 0.508 e. The Morgan fingerprint density at radius 1 is 0.694 bits per heavy atom. The maximum absolute atomic E-state index is 15.2. The molecule has 7 aromatic rings. The number of fused-ring (bicyclic) bond motifs is 6. The molecule has 0 radical (unpaired) electrons. The topological polar surface area (TPSA) is 554 Å². The summed E-state index contributed by atoms with van der Waals surface area (Å²) >= 11 is 26.5. The molecule has 7 amide bonds.